The quantitative estimate of drug-likeness (QED) is 0.824. The number of aryl methyl sites for hydroxylation is 1. The van der Waals surface area contributed by atoms with Crippen LogP contribution in [0.15, 0.2) is 47.2 Å². The normalized spacial score (nSPS) is 10.3. The first-order valence-corrected chi connectivity index (χ1v) is 8.46. The van der Waals surface area contributed by atoms with Gasteiger partial charge in [0.2, 0.25) is 11.8 Å². The minimum Gasteiger partial charge on any atom is -0.352 e. The minimum absolute atomic E-state index is 0.0846. The lowest BCUT2D eigenvalue weighted by Crippen LogP contribution is -2.33. The maximum atomic E-state index is 12.0. The molecule has 0 aliphatic heterocycles. The molecule has 0 bridgehead atoms. The number of nitrogens with zero attached hydrogens (tertiary/aromatic N) is 2. The topological polar surface area (TPSA) is 62.3 Å². The fourth-order valence-corrected chi connectivity index (χ4v) is 2.51. The third-order valence-electron chi connectivity index (χ3n) is 3.63. The Morgan fingerprint density at radius 1 is 1.21 bits per heavy atom. The molecule has 0 atom stereocenters. The van der Waals surface area contributed by atoms with Crippen molar-refractivity contribution in [3.05, 3.63) is 58.3 Å². The number of carbonyl (C=O) groups is 2. The average Bonchev–Trinajstić information content (AvgIpc) is 2.57. The Labute approximate surface area is 150 Å². The van der Waals surface area contributed by atoms with Crippen molar-refractivity contribution < 1.29 is 9.59 Å². The van der Waals surface area contributed by atoms with Gasteiger partial charge in [0, 0.05) is 49.0 Å². The molecule has 0 saturated heterocycles. The first-order valence-electron chi connectivity index (χ1n) is 7.67. The van der Waals surface area contributed by atoms with E-state index in [0.29, 0.717) is 13.1 Å². The highest BCUT2D eigenvalue weighted by molar-refractivity contribution is 9.10. The molecule has 0 aliphatic carbocycles. The average molecular weight is 390 g/mol. The Morgan fingerprint density at radius 3 is 2.54 bits per heavy atom. The minimum atomic E-state index is -0.0908. The predicted molar refractivity (Wildman–Crippen MR) is 97.6 cm³/mol. The van der Waals surface area contributed by atoms with E-state index in [2.05, 4.69) is 26.2 Å². The van der Waals surface area contributed by atoms with E-state index >= 15 is 0 Å². The second kappa shape index (κ2) is 8.59. The highest BCUT2D eigenvalue weighted by Crippen LogP contribution is 2.23. The summed E-state index contributed by atoms with van der Waals surface area (Å²) in [5, 5.41) is 2.85. The van der Waals surface area contributed by atoms with Gasteiger partial charge in [0.1, 0.15) is 0 Å². The smallest absolute Gasteiger partial charge is 0.223 e. The summed E-state index contributed by atoms with van der Waals surface area (Å²) >= 11 is 3.45. The van der Waals surface area contributed by atoms with Crippen LogP contribution in [0, 0.1) is 6.92 Å². The lowest BCUT2D eigenvalue weighted by molar-refractivity contribution is -0.121. The molecule has 0 saturated carbocycles. The third-order valence-corrected chi connectivity index (χ3v) is 4.52. The molecule has 1 aromatic carbocycles. The first-order chi connectivity index (χ1) is 11.5. The van der Waals surface area contributed by atoms with E-state index in [1.54, 1.807) is 17.3 Å². The van der Waals surface area contributed by atoms with E-state index < -0.39 is 0 Å². The summed E-state index contributed by atoms with van der Waals surface area (Å²) < 4.78 is 0.991. The number of aromatic nitrogens is 1. The number of amides is 2. The Hall–Kier alpha value is -2.21. The van der Waals surface area contributed by atoms with Gasteiger partial charge in [0.25, 0.3) is 0 Å². The standard InChI is InChI=1S/C18H20BrN3O2/c1-13-11-16(3-4-17(13)19)22(14(2)23)10-7-18(24)21-12-15-5-8-20-9-6-15/h3-6,8-9,11H,7,10,12H2,1-2H3,(H,21,24). The van der Waals surface area contributed by atoms with Crippen LogP contribution in [0.25, 0.3) is 0 Å². The van der Waals surface area contributed by atoms with E-state index in [-0.39, 0.29) is 18.2 Å². The highest BCUT2D eigenvalue weighted by Gasteiger charge is 2.14. The zero-order valence-corrected chi connectivity index (χ0v) is 15.3. The molecule has 2 amide bonds. The Kier molecular flexibility index (Phi) is 6.49. The molecule has 2 aromatic rings. The lowest BCUT2D eigenvalue weighted by Gasteiger charge is -2.21. The number of carbonyl (C=O) groups excluding carboxylic acids is 2. The fourth-order valence-electron chi connectivity index (χ4n) is 2.27. The third kappa shape index (κ3) is 5.16. The van der Waals surface area contributed by atoms with Crippen LogP contribution in [0.5, 0.6) is 0 Å². The molecular weight excluding hydrogens is 370 g/mol. The van der Waals surface area contributed by atoms with Crippen LogP contribution in [-0.4, -0.2) is 23.3 Å². The molecule has 24 heavy (non-hydrogen) atoms. The predicted octanol–water partition coefficient (Wildman–Crippen LogP) is 3.21. The van der Waals surface area contributed by atoms with Crippen LogP contribution >= 0.6 is 15.9 Å². The molecule has 5 nitrogen and oxygen atoms in total. The Bertz CT molecular complexity index is 719. The van der Waals surface area contributed by atoms with E-state index in [1.165, 1.54) is 6.92 Å². The second-order valence-electron chi connectivity index (χ2n) is 5.49. The molecule has 0 fully saturated rings. The molecule has 1 N–H and O–H groups in total. The summed E-state index contributed by atoms with van der Waals surface area (Å²) in [5.41, 5.74) is 2.83. The zero-order chi connectivity index (χ0) is 17.5. The van der Waals surface area contributed by atoms with Crippen molar-refractivity contribution in [1.82, 2.24) is 10.3 Å². The van der Waals surface area contributed by atoms with Gasteiger partial charge in [-0.2, -0.15) is 0 Å². The van der Waals surface area contributed by atoms with Crippen molar-refractivity contribution in [3.8, 4) is 0 Å². The number of anilines is 1. The Morgan fingerprint density at radius 2 is 1.92 bits per heavy atom. The number of halogens is 1. The van der Waals surface area contributed by atoms with Crippen molar-refractivity contribution in [3.63, 3.8) is 0 Å². The number of pyridine rings is 1. The number of hydrogen-bond acceptors (Lipinski definition) is 3. The van der Waals surface area contributed by atoms with Crippen LogP contribution in [0.4, 0.5) is 5.69 Å². The summed E-state index contributed by atoms with van der Waals surface area (Å²) in [6.07, 6.45) is 3.63. The summed E-state index contributed by atoms with van der Waals surface area (Å²) in [6, 6.07) is 9.41. The van der Waals surface area contributed by atoms with Gasteiger partial charge in [-0.25, -0.2) is 0 Å². The number of rotatable bonds is 6. The highest BCUT2D eigenvalue weighted by atomic mass is 79.9. The van der Waals surface area contributed by atoms with E-state index in [9.17, 15) is 9.59 Å². The van der Waals surface area contributed by atoms with Gasteiger partial charge in [-0.05, 0) is 48.4 Å². The van der Waals surface area contributed by atoms with Crippen LogP contribution in [0.2, 0.25) is 0 Å². The van der Waals surface area contributed by atoms with Crippen molar-refractivity contribution in [2.75, 3.05) is 11.4 Å². The van der Waals surface area contributed by atoms with E-state index in [4.69, 9.17) is 0 Å². The maximum absolute atomic E-state index is 12.0. The van der Waals surface area contributed by atoms with Crippen LogP contribution in [-0.2, 0) is 16.1 Å². The molecular formula is C18H20BrN3O2. The summed E-state index contributed by atoms with van der Waals surface area (Å²) in [6.45, 7) is 4.27. The molecule has 1 aromatic heterocycles. The van der Waals surface area contributed by atoms with Crippen molar-refractivity contribution in [2.45, 2.75) is 26.8 Å². The van der Waals surface area contributed by atoms with E-state index in [0.717, 1.165) is 21.3 Å². The van der Waals surface area contributed by atoms with Crippen molar-refractivity contribution >= 4 is 33.4 Å². The Balaban J connectivity index is 1.92. The van der Waals surface area contributed by atoms with Gasteiger partial charge < -0.3 is 10.2 Å². The molecule has 126 valence electrons. The summed E-state index contributed by atoms with van der Waals surface area (Å²) in [4.78, 5) is 29.5. The van der Waals surface area contributed by atoms with Crippen LogP contribution in [0.1, 0.15) is 24.5 Å². The van der Waals surface area contributed by atoms with Crippen molar-refractivity contribution in [1.29, 1.82) is 0 Å². The molecule has 0 aliphatic rings. The monoisotopic (exact) mass is 389 g/mol. The zero-order valence-electron chi connectivity index (χ0n) is 13.8. The summed E-state index contributed by atoms with van der Waals surface area (Å²) in [5.74, 6) is -0.175. The van der Waals surface area contributed by atoms with Crippen molar-refractivity contribution in [2.24, 2.45) is 0 Å². The lowest BCUT2D eigenvalue weighted by atomic mass is 10.2. The molecule has 0 radical (unpaired) electrons. The van der Waals surface area contributed by atoms with Gasteiger partial charge >= 0.3 is 0 Å². The maximum Gasteiger partial charge on any atom is 0.223 e. The van der Waals surface area contributed by atoms with Crippen LogP contribution < -0.4 is 10.2 Å². The fraction of sp³-hybridized carbons (Fsp3) is 0.278. The summed E-state index contributed by atoms with van der Waals surface area (Å²) in [7, 11) is 0. The van der Waals surface area contributed by atoms with E-state index in [1.807, 2.05) is 37.3 Å². The SMILES string of the molecule is CC(=O)N(CCC(=O)NCc1ccncc1)c1ccc(Br)c(C)c1. The molecule has 0 spiro atoms. The molecule has 2 rings (SSSR count). The first kappa shape index (κ1) is 18.1. The molecule has 0 unspecified atom stereocenters. The van der Waals surface area contributed by atoms with Gasteiger partial charge in [-0.15, -0.1) is 0 Å². The van der Waals surface area contributed by atoms with Gasteiger partial charge in [0.15, 0.2) is 0 Å². The number of benzene rings is 1. The molecule has 6 heteroatoms. The van der Waals surface area contributed by atoms with Gasteiger partial charge in [0.05, 0.1) is 0 Å². The largest absolute Gasteiger partial charge is 0.352 e. The molecule has 1 heterocycles. The number of hydrogen-bond donors (Lipinski definition) is 1. The van der Waals surface area contributed by atoms with Gasteiger partial charge in [-0.3, -0.25) is 14.6 Å². The second-order valence-corrected chi connectivity index (χ2v) is 6.34. The van der Waals surface area contributed by atoms with Crippen LogP contribution in [0.3, 0.4) is 0 Å². The van der Waals surface area contributed by atoms with Gasteiger partial charge in [-0.1, -0.05) is 15.9 Å². The number of nitrogens with one attached hydrogen (secondary N) is 1.